The van der Waals surface area contributed by atoms with Crippen molar-refractivity contribution in [3.63, 3.8) is 0 Å². The van der Waals surface area contributed by atoms with Crippen LogP contribution in [0.5, 0.6) is 0 Å². The fourth-order valence-corrected chi connectivity index (χ4v) is 7.24. The third-order valence-electron chi connectivity index (χ3n) is 9.39. The third-order valence-corrected chi connectivity index (χ3v) is 10.4. The SMILES string of the molecule is CNCCCCCCCCCCCCCC(=O)N[C@H](C(=O)N1C[C@H](O)C[C@H]1C(=O)N[C@@H](C)c1ccc(-c2scnc2C)cc1)C(C)(C)C. The summed E-state index contributed by atoms with van der Waals surface area (Å²) in [6, 6.07) is 6.14. The minimum atomic E-state index is -0.811. The molecular weight excluding hydrogens is 623 g/mol. The van der Waals surface area contributed by atoms with E-state index in [9.17, 15) is 19.5 Å². The normalized spacial score (nSPS) is 17.7. The van der Waals surface area contributed by atoms with Crippen molar-refractivity contribution in [2.24, 2.45) is 5.41 Å². The average Bonchev–Trinajstić information content (AvgIpc) is 3.66. The van der Waals surface area contributed by atoms with Gasteiger partial charge in [0.05, 0.1) is 28.2 Å². The van der Waals surface area contributed by atoms with Gasteiger partial charge in [0.2, 0.25) is 17.7 Å². The summed E-state index contributed by atoms with van der Waals surface area (Å²) in [6.07, 6.45) is 12.9. The van der Waals surface area contributed by atoms with Gasteiger partial charge in [0.1, 0.15) is 12.1 Å². The lowest BCUT2D eigenvalue weighted by atomic mass is 9.85. The van der Waals surface area contributed by atoms with Crippen LogP contribution in [-0.2, 0) is 14.4 Å². The van der Waals surface area contributed by atoms with Gasteiger partial charge in [-0.3, -0.25) is 14.4 Å². The summed E-state index contributed by atoms with van der Waals surface area (Å²) in [4.78, 5) is 47.4. The van der Waals surface area contributed by atoms with E-state index in [4.69, 9.17) is 0 Å². The van der Waals surface area contributed by atoms with Crippen LogP contribution in [0.25, 0.3) is 10.4 Å². The molecule has 3 rings (SSSR count). The zero-order chi connectivity index (χ0) is 35.1. The molecule has 2 aromatic rings. The highest BCUT2D eigenvalue weighted by Gasteiger charge is 2.44. The van der Waals surface area contributed by atoms with E-state index >= 15 is 0 Å². The van der Waals surface area contributed by atoms with Crippen molar-refractivity contribution in [1.29, 1.82) is 0 Å². The highest BCUT2D eigenvalue weighted by Crippen LogP contribution is 2.29. The Morgan fingerprint density at radius 1 is 0.938 bits per heavy atom. The number of unbranched alkanes of at least 4 members (excludes halogenated alkanes) is 10. The summed E-state index contributed by atoms with van der Waals surface area (Å²) in [6.45, 7) is 10.8. The Balaban J connectivity index is 1.46. The molecule has 0 unspecified atom stereocenters. The molecule has 0 saturated carbocycles. The van der Waals surface area contributed by atoms with E-state index in [1.165, 1.54) is 56.3 Å². The van der Waals surface area contributed by atoms with Gasteiger partial charge in [0.25, 0.3) is 0 Å². The van der Waals surface area contributed by atoms with Gasteiger partial charge < -0.3 is 26.0 Å². The van der Waals surface area contributed by atoms with Crippen LogP contribution in [0.15, 0.2) is 29.8 Å². The molecule has 1 saturated heterocycles. The van der Waals surface area contributed by atoms with Gasteiger partial charge in [-0.25, -0.2) is 4.98 Å². The van der Waals surface area contributed by atoms with Gasteiger partial charge in [0, 0.05) is 19.4 Å². The second-order valence-corrected chi connectivity index (χ2v) is 15.5. The Kier molecular flexibility index (Phi) is 16.5. The van der Waals surface area contributed by atoms with Crippen LogP contribution in [0, 0.1) is 12.3 Å². The molecule has 268 valence electrons. The van der Waals surface area contributed by atoms with Crippen molar-refractivity contribution in [1.82, 2.24) is 25.8 Å². The van der Waals surface area contributed by atoms with Crippen molar-refractivity contribution in [3.05, 3.63) is 41.0 Å². The Morgan fingerprint density at radius 3 is 2.06 bits per heavy atom. The molecule has 1 aliphatic rings. The molecule has 10 heteroatoms. The summed E-state index contributed by atoms with van der Waals surface area (Å²) in [7, 11) is 2.00. The monoisotopic (exact) mass is 683 g/mol. The quantitative estimate of drug-likeness (QED) is 0.115. The van der Waals surface area contributed by atoms with Crippen LogP contribution in [-0.4, -0.2) is 71.0 Å². The first kappa shape index (κ1) is 39.6. The van der Waals surface area contributed by atoms with E-state index in [0.717, 1.165) is 47.5 Å². The molecule has 3 amide bonds. The molecule has 0 radical (unpaired) electrons. The lowest BCUT2D eigenvalue weighted by molar-refractivity contribution is -0.144. The number of aliphatic hydroxyl groups excluding tert-OH is 1. The minimum absolute atomic E-state index is 0.0625. The number of thiazole rings is 1. The minimum Gasteiger partial charge on any atom is -0.391 e. The Morgan fingerprint density at radius 2 is 1.52 bits per heavy atom. The van der Waals surface area contributed by atoms with Gasteiger partial charge in [-0.05, 0) is 56.8 Å². The van der Waals surface area contributed by atoms with E-state index in [-0.39, 0.29) is 36.7 Å². The first-order valence-corrected chi connectivity index (χ1v) is 19.0. The lowest BCUT2D eigenvalue weighted by Crippen LogP contribution is -2.57. The van der Waals surface area contributed by atoms with E-state index in [0.29, 0.717) is 6.42 Å². The number of hydrogen-bond donors (Lipinski definition) is 4. The summed E-state index contributed by atoms with van der Waals surface area (Å²) in [5.74, 6) is -0.780. The van der Waals surface area contributed by atoms with Crippen molar-refractivity contribution in [3.8, 4) is 10.4 Å². The Hall–Kier alpha value is -2.82. The van der Waals surface area contributed by atoms with Crippen LogP contribution in [0.3, 0.4) is 0 Å². The van der Waals surface area contributed by atoms with Crippen LogP contribution in [0.2, 0.25) is 0 Å². The molecule has 1 fully saturated rings. The molecule has 1 aliphatic heterocycles. The lowest BCUT2D eigenvalue weighted by Gasteiger charge is -2.35. The van der Waals surface area contributed by atoms with E-state index in [1.807, 2.05) is 71.4 Å². The molecule has 1 aromatic carbocycles. The smallest absolute Gasteiger partial charge is 0.246 e. The summed E-state index contributed by atoms with van der Waals surface area (Å²) in [5.41, 5.74) is 4.27. The first-order valence-electron chi connectivity index (χ1n) is 18.2. The topological polar surface area (TPSA) is 124 Å². The molecule has 0 spiro atoms. The molecule has 9 nitrogen and oxygen atoms in total. The number of benzene rings is 1. The number of aromatic nitrogens is 1. The number of hydrogen-bond acceptors (Lipinski definition) is 7. The predicted molar refractivity (Wildman–Crippen MR) is 196 cm³/mol. The van der Waals surface area contributed by atoms with Crippen LogP contribution < -0.4 is 16.0 Å². The van der Waals surface area contributed by atoms with Crippen molar-refractivity contribution in [2.75, 3.05) is 20.1 Å². The van der Waals surface area contributed by atoms with Crippen LogP contribution >= 0.6 is 11.3 Å². The molecule has 0 aliphatic carbocycles. The number of aryl methyl sites for hydroxylation is 1. The number of amides is 3. The van der Waals surface area contributed by atoms with Gasteiger partial charge in [-0.15, -0.1) is 11.3 Å². The van der Waals surface area contributed by atoms with Gasteiger partial charge in [0.15, 0.2) is 0 Å². The van der Waals surface area contributed by atoms with Crippen molar-refractivity contribution in [2.45, 2.75) is 142 Å². The highest BCUT2D eigenvalue weighted by molar-refractivity contribution is 7.13. The number of carbonyl (C=O) groups is 3. The third kappa shape index (κ3) is 12.6. The number of carbonyl (C=O) groups excluding carboxylic acids is 3. The molecule has 4 atom stereocenters. The summed E-state index contributed by atoms with van der Waals surface area (Å²) >= 11 is 1.60. The molecule has 4 N–H and O–H groups in total. The summed E-state index contributed by atoms with van der Waals surface area (Å²) < 4.78 is 0. The standard InChI is InChI=1S/C38H61N5O4S/c1-27(29-19-21-30(22-20-29)34-28(2)40-26-48-34)41-36(46)32-24-31(44)25-43(32)37(47)35(38(3,4)5)42-33(45)18-16-14-12-10-8-7-9-11-13-15-17-23-39-6/h19-22,26-27,31-32,35,39,44H,7-18,23-25H2,1-6H3,(H,41,46)(H,42,45)/t27-,31+,32-,35+/m0/s1. The fourth-order valence-electron chi connectivity index (χ4n) is 6.43. The van der Waals surface area contributed by atoms with Crippen molar-refractivity contribution >= 4 is 29.1 Å². The zero-order valence-corrected chi connectivity index (χ0v) is 31.1. The molecule has 1 aromatic heterocycles. The van der Waals surface area contributed by atoms with E-state index in [2.05, 4.69) is 20.9 Å². The fraction of sp³-hybridized carbons (Fsp3) is 0.684. The van der Waals surface area contributed by atoms with Gasteiger partial charge in [-0.2, -0.15) is 0 Å². The van der Waals surface area contributed by atoms with E-state index < -0.39 is 23.6 Å². The second kappa shape index (κ2) is 20.0. The number of nitrogens with one attached hydrogen (secondary N) is 3. The van der Waals surface area contributed by atoms with Crippen LogP contribution in [0.4, 0.5) is 0 Å². The largest absolute Gasteiger partial charge is 0.391 e. The summed E-state index contributed by atoms with van der Waals surface area (Å²) in [5, 5.41) is 19.8. The highest BCUT2D eigenvalue weighted by atomic mass is 32.1. The maximum Gasteiger partial charge on any atom is 0.246 e. The second-order valence-electron chi connectivity index (χ2n) is 14.6. The Bertz CT molecular complexity index is 1270. The number of β-amino-alcohol motifs (C(OH)–C–C–N with tert-alkyl or cyclic N) is 1. The molecule has 2 heterocycles. The molecular formula is C38H61N5O4S. The predicted octanol–water partition coefficient (Wildman–Crippen LogP) is 6.69. The van der Waals surface area contributed by atoms with Gasteiger partial charge in [-0.1, -0.05) is 103 Å². The first-order chi connectivity index (χ1) is 22.9. The number of aliphatic hydroxyl groups is 1. The average molecular weight is 684 g/mol. The number of nitrogens with zero attached hydrogens (tertiary/aromatic N) is 2. The van der Waals surface area contributed by atoms with Crippen LogP contribution in [0.1, 0.15) is 128 Å². The molecule has 0 bridgehead atoms. The Labute approximate surface area is 293 Å². The maximum atomic E-state index is 13.9. The number of rotatable bonds is 20. The zero-order valence-electron chi connectivity index (χ0n) is 30.3. The maximum absolute atomic E-state index is 13.9. The number of likely N-dealkylation sites (tertiary alicyclic amines) is 1. The van der Waals surface area contributed by atoms with E-state index in [1.54, 1.807) is 11.3 Å². The molecule has 48 heavy (non-hydrogen) atoms. The van der Waals surface area contributed by atoms with Gasteiger partial charge >= 0.3 is 0 Å². The van der Waals surface area contributed by atoms with Crippen molar-refractivity contribution < 1.29 is 19.5 Å².